The minimum atomic E-state index is -0.294. The lowest BCUT2D eigenvalue weighted by atomic mass is 9.99. The number of hydrogen-bond donors (Lipinski definition) is 0. The zero-order valence-corrected chi connectivity index (χ0v) is 14.0. The number of ketones is 1. The summed E-state index contributed by atoms with van der Waals surface area (Å²) in [5.41, 5.74) is 1.46. The van der Waals surface area contributed by atoms with Gasteiger partial charge in [0.05, 0.1) is 6.61 Å². The van der Waals surface area contributed by atoms with E-state index in [1.165, 1.54) is 0 Å². The summed E-state index contributed by atoms with van der Waals surface area (Å²) in [7, 11) is 0. The second-order valence-corrected chi connectivity index (χ2v) is 6.09. The molecule has 0 amide bonds. The highest BCUT2D eigenvalue weighted by molar-refractivity contribution is 9.10. The Morgan fingerprint density at radius 2 is 2.14 bits per heavy atom. The number of rotatable bonds is 4. The number of hydrogen-bond acceptors (Lipinski definition) is 4. The summed E-state index contributed by atoms with van der Waals surface area (Å²) in [5, 5.41) is 0. The lowest BCUT2D eigenvalue weighted by Crippen LogP contribution is -2.46. The molecule has 0 bridgehead atoms. The molecule has 0 N–H and O–H groups in total. The van der Waals surface area contributed by atoms with Crippen molar-refractivity contribution in [3.8, 4) is 0 Å². The number of anilines is 1. The van der Waals surface area contributed by atoms with E-state index < -0.39 is 0 Å². The Bertz CT molecular complexity index is 544. The van der Waals surface area contributed by atoms with Crippen molar-refractivity contribution in [1.82, 2.24) is 0 Å². The molecule has 1 aromatic carbocycles. The number of halogens is 1. The number of benzene rings is 1. The number of ether oxygens (including phenoxy) is 1. The molecule has 1 unspecified atom stereocenters. The number of carbonyl (C=O) groups excluding carboxylic acids is 2. The maximum atomic E-state index is 12.2. The summed E-state index contributed by atoms with van der Waals surface area (Å²) in [6.45, 7) is 4.51. The van der Waals surface area contributed by atoms with Crippen LogP contribution in [0.1, 0.15) is 43.5 Å². The van der Waals surface area contributed by atoms with E-state index in [-0.39, 0.29) is 17.8 Å². The minimum Gasteiger partial charge on any atom is -0.464 e. The topological polar surface area (TPSA) is 46.6 Å². The van der Waals surface area contributed by atoms with E-state index in [9.17, 15) is 9.59 Å². The molecule has 2 rings (SSSR count). The average Bonchev–Trinajstić information content (AvgIpc) is 2.47. The normalized spacial score (nSPS) is 18.4. The largest absolute Gasteiger partial charge is 0.464 e. The van der Waals surface area contributed by atoms with Crippen LogP contribution in [0.15, 0.2) is 22.7 Å². The lowest BCUT2D eigenvalue weighted by molar-refractivity contribution is -0.145. The van der Waals surface area contributed by atoms with E-state index in [4.69, 9.17) is 4.74 Å². The molecule has 1 fully saturated rings. The Hall–Kier alpha value is -1.36. The Morgan fingerprint density at radius 1 is 1.38 bits per heavy atom. The van der Waals surface area contributed by atoms with Gasteiger partial charge in [-0.1, -0.05) is 15.9 Å². The van der Waals surface area contributed by atoms with Gasteiger partial charge in [-0.2, -0.15) is 0 Å². The number of nitrogens with zero attached hydrogens (tertiary/aromatic N) is 1. The first kappa shape index (κ1) is 16.0. The second kappa shape index (κ2) is 7.07. The van der Waals surface area contributed by atoms with Gasteiger partial charge < -0.3 is 9.64 Å². The first-order valence-corrected chi connectivity index (χ1v) is 8.07. The quantitative estimate of drug-likeness (QED) is 0.613. The Morgan fingerprint density at radius 3 is 2.81 bits per heavy atom. The van der Waals surface area contributed by atoms with Crippen LogP contribution in [0, 0.1) is 0 Å². The molecule has 0 aromatic heterocycles. The third-order valence-electron chi connectivity index (χ3n) is 3.71. The van der Waals surface area contributed by atoms with Crippen LogP contribution in [0.4, 0.5) is 5.69 Å². The van der Waals surface area contributed by atoms with E-state index in [2.05, 4.69) is 15.9 Å². The molecule has 0 aliphatic carbocycles. The van der Waals surface area contributed by atoms with Crippen molar-refractivity contribution in [2.45, 2.75) is 39.2 Å². The number of esters is 1. The summed E-state index contributed by atoms with van der Waals surface area (Å²) in [5.74, 6) is -0.200. The number of Topliss-reactive ketones (excluding diaryl/α,β-unsaturated/α-hetero) is 1. The number of carbonyl (C=O) groups is 2. The molecule has 114 valence electrons. The molecule has 0 saturated carbocycles. The van der Waals surface area contributed by atoms with Crippen LogP contribution in [0.5, 0.6) is 0 Å². The van der Waals surface area contributed by atoms with Crippen molar-refractivity contribution in [3.05, 3.63) is 28.2 Å². The Kier molecular flexibility index (Phi) is 5.39. The van der Waals surface area contributed by atoms with Gasteiger partial charge in [0, 0.05) is 22.3 Å². The van der Waals surface area contributed by atoms with Gasteiger partial charge in [-0.05, 0) is 51.3 Å². The van der Waals surface area contributed by atoms with Gasteiger partial charge in [-0.15, -0.1) is 0 Å². The number of piperidine rings is 1. The van der Waals surface area contributed by atoms with Gasteiger partial charge >= 0.3 is 5.97 Å². The summed E-state index contributed by atoms with van der Waals surface area (Å²) >= 11 is 3.40. The molecular formula is C16H20BrNO3. The summed E-state index contributed by atoms with van der Waals surface area (Å²) < 4.78 is 6.04. The van der Waals surface area contributed by atoms with Crippen LogP contribution in [0.25, 0.3) is 0 Å². The lowest BCUT2D eigenvalue weighted by Gasteiger charge is -2.36. The van der Waals surface area contributed by atoms with Gasteiger partial charge in [0.1, 0.15) is 6.04 Å². The predicted molar refractivity (Wildman–Crippen MR) is 85.8 cm³/mol. The zero-order chi connectivity index (χ0) is 15.4. The van der Waals surface area contributed by atoms with Crippen molar-refractivity contribution in [3.63, 3.8) is 0 Å². The van der Waals surface area contributed by atoms with E-state index in [0.29, 0.717) is 12.2 Å². The molecule has 1 heterocycles. The van der Waals surface area contributed by atoms with Crippen molar-refractivity contribution in [2.75, 3.05) is 18.1 Å². The Balaban J connectivity index is 2.37. The van der Waals surface area contributed by atoms with Crippen molar-refractivity contribution < 1.29 is 14.3 Å². The maximum absolute atomic E-state index is 12.2. The highest BCUT2D eigenvalue weighted by Crippen LogP contribution is 2.31. The van der Waals surface area contributed by atoms with E-state index >= 15 is 0 Å². The van der Waals surface area contributed by atoms with Crippen LogP contribution in [0.3, 0.4) is 0 Å². The maximum Gasteiger partial charge on any atom is 0.328 e. The van der Waals surface area contributed by atoms with Gasteiger partial charge in [-0.3, -0.25) is 4.79 Å². The molecule has 4 nitrogen and oxygen atoms in total. The fourth-order valence-electron chi connectivity index (χ4n) is 2.74. The second-order valence-electron chi connectivity index (χ2n) is 5.17. The Labute approximate surface area is 133 Å². The third kappa shape index (κ3) is 3.64. The zero-order valence-electron chi connectivity index (χ0n) is 12.4. The van der Waals surface area contributed by atoms with Gasteiger partial charge in [0.25, 0.3) is 0 Å². The van der Waals surface area contributed by atoms with Crippen LogP contribution in [0.2, 0.25) is 0 Å². The van der Waals surface area contributed by atoms with Gasteiger partial charge in [0.2, 0.25) is 0 Å². The first-order chi connectivity index (χ1) is 10.0. The molecule has 1 saturated heterocycles. The SMILES string of the molecule is CCOC(=O)C1CCCCN1c1ccc(Br)cc1C(C)=O. The predicted octanol–water partition coefficient (Wildman–Crippen LogP) is 3.57. The van der Waals surface area contributed by atoms with Crippen molar-refractivity contribution >= 4 is 33.4 Å². The van der Waals surface area contributed by atoms with Gasteiger partial charge in [-0.25, -0.2) is 4.79 Å². The molecule has 1 aliphatic rings. The minimum absolute atomic E-state index is 0.000479. The molecule has 1 aliphatic heterocycles. The smallest absolute Gasteiger partial charge is 0.328 e. The van der Waals surface area contributed by atoms with Crippen molar-refractivity contribution in [1.29, 1.82) is 0 Å². The summed E-state index contributed by atoms with van der Waals surface area (Å²) in [6, 6.07) is 5.32. The molecule has 5 heteroatoms. The molecular weight excluding hydrogens is 334 g/mol. The van der Waals surface area contributed by atoms with Crippen molar-refractivity contribution in [2.24, 2.45) is 0 Å². The van der Waals surface area contributed by atoms with Crippen LogP contribution >= 0.6 is 15.9 Å². The van der Waals surface area contributed by atoms with Crippen LogP contribution in [-0.4, -0.2) is 30.9 Å². The average molecular weight is 354 g/mol. The highest BCUT2D eigenvalue weighted by atomic mass is 79.9. The molecule has 0 radical (unpaired) electrons. The third-order valence-corrected chi connectivity index (χ3v) is 4.20. The standard InChI is InChI=1S/C16H20BrNO3/c1-3-21-16(20)15-6-4-5-9-18(15)14-8-7-12(17)10-13(14)11(2)19/h7-8,10,15H,3-6,9H2,1-2H3. The molecule has 1 atom stereocenters. The molecule has 0 spiro atoms. The fraction of sp³-hybridized carbons (Fsp3) is 0.500. The van der Waals surface area contributed by atoms with Gasteiger partial charge in [0.15, 0.2) is 5.78 Å². The van der Waals surface area contributed by atoms with E-state index in [0.717, 1.165) is 36.0 Å². The van der Waals surface area contributed by atoms with Crippen LogP contribution < -0.4 is 4.90 Å². The molecule has 21 heavy (non-hydrogen) atoms. The van der Waals surface area contributed by atoms with Crippen LogP contribution in [-0.2, 0) is 9.53 Å². The summed E-state index contributed by atoms with van der Waals surface area (Å²) in [6.07, 6.45) is 2.79. The first-order valence-electron chi connectivity index (χ1n) is 7.28. The van der Waals surface area contributed by atoms with E-state index in [1.807, 2.05) is 30.0 Å². The highest BCUT2D eigenvalue weighted by Gasteiger charge is 2.31. The molecule has 1 aromatic rings. The van der Waals surface area contributed by atoms with E-state index in [1.54, 1.807) is 6.92 Å². The monoisotopic (exact) mass is 353 g/mol. The fourth-order valence-corrected chi connectivity index (χ4v) is 3.11. The summed E-state index contributed by atoms with van der Waals surface area (Å²) in [4.78, 5) is 26.1.